The van der Waals surface area contributed by atoms with Crippen molar-refractivity contribution in [2.45, 2.75) is 25.7 Å². The SMILES string of the molecule is O=C(CCc1coc(CCc2ccccc2)n1)NO. The first-order valence-electron chi connectivity index (χ1n) is 6.18. The summed E-state index contributed by atoms with van der Waals surface area (Å²) < 4.78 is 5.35. The van der Waals surface area contributed by atoms with Crippen molar-refractivity contribution in [2.75, 3.05) is 0 Å². The first kappa shape index (κ1) is 13.3. The summed E-state index contributed by atoms with van der Waals surface area (Å²) in [5.74, 6) is 0.247. The smallest absolute Gasteiger partial charge is 0.243 e. The van der Waals surface area contributed by atoms with Gasteiger partial charge in [0.15, 0.2) is 5.89 Å². The third-order valence-electron chi connectivity index (χ3n) is 2.80. The Labute approximate surface area is 111 Å². The number of amides is 1. The second kappa shape index (κ2) is 6.70. The van der Waals surface area contributed by atoms with Crippen molar-refractivity contribution in [2.24, 2.45) is 0 Å². The molecule has 1 amide bonds. The van der Waals surface area contributed by atoms with Gasteiger partial charge in [0.25, 0.3) is 0 Å². The van der Waals surface area contributed by atoms with E-state index in [1.54, 1.807) is 11.7 Å². The normalized spacial score (nSPS) is 10.4. The first-order valence-corrected chi connectivity index (χ1v) is 6.18. The Morgan fingerprint density at radius 1 is 1.21 bits per heavy atom. The van der Waals surface area contributed by atoms with Gasteiger partial charge in [-0.15, -0.1) is 0 Å². The third kappa shape index (κ3) is 4.22. The molecule has 0 saturated heterocycles. The minimum absolute atomic E-state index is 0.196. The van der Waals surface area contributed by atoms with Crippen molar-refractivity contribution in [1.29, 1.82) is 0 Å². The lowest BCUT2D eigenvalue weighted by Crippen LogP contribution is -2.18. The predicted octanol–water partition coefficient (Wildman–Crippen LogP) is 1.90. The zero-order chi connectivity index (χ0) is 13.5. The maximum Gasteiger partial charge on any atom is 0.243 e. The molecular weight excluding hydrogens is 244 g/mol. The lowest BCUT2D eigenvalue weighted by Gasteiger charge is -1.97. The number of carbonyl (C=O) groups is 1. The zero-order valence-corrected chi connectivity index (χ0v) is 10.5. The van der Waals surface area contributed by atoms with E-state index < -0.39 is 5.91 Å². The number of hydroxylamine groups is 1. The van der Waals surface area contributed by atoms with Crippen LogP contribution in [0.25, 0.3) is 0 Å². The van der Waals surface area contributed by atoms with Gasteiger partial charge in [0.1, 0.15) is 6.26 Å². The summed E-state index contributed by atoms with van der Waals surface area (Å²) in [5.41, 5.74) is 3.56. The van der Waals surface area contributed by atoms with E-state index in [1.165, 1.54) is 5.56 Å². The molecule has 0 atom stereocenters. The second-order valence-corrected chi connectivity index (χ2v) is 4.25. The summed E-state index contributed by atoms with van der Waals surface area (Å²) in [7, 11) is 0. The average molecular weight is 260 g/mol. The van der Waals surface area contributed by atoms with Gasteiger partial charge in [-0.1, -0.05) is 30.3 Å². The average Bonchev–Trinajstić information content (AvgIpc) is 2.91. The van der Waals surface area contributed by atoms with Gasteiger partial charge in [0.2, 0.25) is 5.91 Å². The number of nitrogens with zero attached hydrogens (tertiary/aromatic N) is 1. The third-order valence-corrected chi connectivity index (χ3v) is 2.80. The molecule has 1 aromatic heterocycles. The highest BCUT2D eigenvalue weighted by Crippen LogP contribution is 2.09. The fourth-order valence-electron chi connectivity index (χ4n) is 1.77. The Bertz CT molecular complexity index is 522. The van der Waals surface area contributed by atoms with Crippen molar-refractivity contribution in [3.05, 3.63) is 53.7 Å². The van der Waals surface area contributed by atoms with E-state index in [0.717, 1.165) is 18.5 Å². The number of carbonyl (C=O) groups excluding carboxylic acids is 1. The predicted molar refractivity (Wildman–Crippen MR) is 68.6 cm³/mol. The molecule has 0 radical (unpaired) electrons. The Balaban J connectivity index is 1.82. The van der Waals surface area contributed by atoms with Gasteiger partial charge in [-0.3, -0.25) is 10.0 Å². The van der Waals surface area contributed by atoms with Gasteiger partial charge < -0.3 is 4.42 Å². The van der Waals surface area contributed by atoms with E-state index in [-0.39, 0.29) is 6.42 Å². The molecule has 5 heteroatoms. The Hall–Kier alpha value is -2.14. The van der Waals surface area contributed by atoms with Crippen molar-refractivity contribution in [1.82, 2.24) is 10.5 Å². The van der Waals surface area contributed by atoms with Crippen molar-refractivity contribution in [3.8, 4) is 0 Å². The summed E-state index contributed by atoms with van der Waals surface area (Å²) >= 11 is 0. The minimum Gasteiger partial charge on any atom is -0.449 e. The van der Waals surface area contributed by atoms with Crippen LogP contribution >= 0.6 is 0 Å². The van der Waals surface area contributed by atoms with Crippen LogP contribution in [-0.4, -0.2) is 16.1 Å². The van der Waals surface area contributed by atoms with E-state index in [9.17, 15) is 4.79 Å². The van der Waals surface area contributed by atoms with Crippen molar-refractivity contribution < 1.29 is 14.4 Å². The summed E-state index contributed by atoms with van der Waals surface area (Å²) in [4.78, 5) is 15.2. The summed E-state index contributed by atoms with van der Waals surface area (Å²) in [5, 5.41) is 8.38. The molecule has 2 aromatic rings. The number of benzene rings is 1. The molecule has 0 aliphatic heterocycles. The maximum atomic E-state index is 10.9. The van der Waals surface area contributed by atoms with E-state index in [1.807, 2.05) is 18.2 Å². The molecule has 2 rings (SSSR count). The molecule has 1 aromatic carbocycles. The van der Waals surface area contributed by atoms with Crippen molar-refractivity contribution >= 4 is 5.91 Å². The quantitative estimate of drug-likeness (QED) is 0.614. The fraction of sp³-hybridized carbons (Fsp3) is 0.286. The molecule has 1 heterocycles. The van der Waals surface area contributed by atoms with Gasteiger partial charge in [-0.05, 0) is 12.0 Å². The molecular formula is C14H16N2O3. The van der Waals surface area contributed by atoms with Crippen LogP contribution in [0.1, 0.15) is 23.6 Å². The highest BCUT2D eigenvalue weighted by molar-refractivity contribution is 5.74. The van der Waals surface area contributed by atoms with E-state index in [2.05, 4.69) is 17.1 Å². The molecule has 0 aliphatic rings. The molecule has 0 bridgehead atoms. The number of aromatic nitrogens is 1. The fourth-order valence-corrected chi connectivity index (χ4v) is 1.77. The standard InChI is InChI=1S/C14H16N2O3/c17-13(16-18)8-7-12-10-19-14(15-12)9-6-11-4-2-1-3-5-11/h1-5,10,18H,6-9H2,(H,16,17). The van der Waals surface area contributed by atoms with Gasteiger partial charge in [-0.25, -0.2) is 10.5 Å². The number of hydrogen-bond donors (Lipinski definition) is 2. The van der Waals surface area contributed by atoms with Crippen molar-refractivity contribution in [3.63, 3.8) is 0 Å². The van der Waals surface area contributed by atoms with E-state index in [4.69, 9.17) is 9.62 Å². The Morgan fingerprint density at radius 2 is 2.00 bits per heavy atom. The Kier molecular flexibility index (Phi) is 4.69. The summed E-state index contributed by atoms with van der Waals surface area (Å²) in [6, 6.07) is 10.1. The number of rotatable bonds is 6. The summed E-state index contributed by atoms with van der Waals surface area (Å²) in [6.07, 6.45) is 3.82. The molecule has 0 unspecified atom stereocenters. The minimum atomic E-state index is -0.422. The second-order valence-electron chi connectivity index (χ2n) is 4.25. The molecule has 0 spiro atoms. The number of nitrogens with one attached hydrogen (secondary N) is 1. The van der Waals surface area contributed by atoms with Gasteiger partial charge in [0, 0.05) is 19.3 Å². The molecule has 5 nitrogen and oxygen atoms in total. The van der Waals surface area contributed by atoms with Crippen LogP contribution in [0.2, 0.25) is 0 Å². The topological polar surface area (TPSA) is 75.4 Å². The van der Waals surface area contributed by atoms with Crippen LogP contribution in [0, 0.1) is 0 Å². The number of oxazole rings is 1. The lowest BCUT2D eigenvalue weighted by molar-refractivity contribution is -0.129. The zero-order valence-electron chi connectivity index (χ0n) is 10.5. The number of aryl methyl sites for hydroxylation is 3. The first-order chi connectivity index (χ1) is 9.28. The maximum absolute atomic E-state index is 10.9. The van der Waals surface area contributed by atoms with E-state index in [0.29, 0.717) is 12.3 Å². The lowest BCUT2D eigenvalue weighted by atomic mass is 10.1. The van der Waals surface area contributed by atoms with Gasteiger partial charge >= 0.3 is 0 Å². The van der Waals surface area contributed by atoms with E-state index >= 15 is 0 Å². The van der Waals surface area contributed by atoms with Crippen LogP contribution in [0.4, 0.5) is 0 Å². The molecule has 100 valence electrons. The van der Waals surface area contributed by atoms with Crippen LogP contribution < -0.4 is 5.48 Å². The van der Waals surface area contributed by atoms with Gasteiger partial charge in [-0.2, -0.15) is 0 Å². The van der Waals surface area contributed by atoms with Crippen LogP contribution in [0.15, 0.2) is 41.0 Å². The number of hydrogen-bond acceptors (Lipinski definition) is 4. The molecule has 19 heavy (non-hydrogen) atoms. The Morgan fingerprint density at radius 3 is 2.74 bits per heavy atom. The summed E-state index contributed by atoms with van der Waals surface area (Å²) in [6.45, 7) is 0. The van der Waals surface area contributed by atoms with Crippen LogP contribution in [-0.2, 0) is 24.1 Å². The molecule has 0 fully saturated rings. The van der Waals surface area contributed by atoms with Crippen LogP contribution in [0.5, 0.6) is 0 Å². The largest absolute Gasteiger partial charge is 0.449 e. The van der Waals surface area contributed by atoms with Gasteiger partial charge in [0.05, 0.1) is 5.69 Å². The molecule has 0 saturated carbocycles. The highest BCUT2D eigenvalue weighted by Gasteiger charge is 2.06. The monoisotopic (exact) mass is 260 g/mol. The highest BCUT2D eigenvalue weighted by atomic mass is 16.5. The molecule has 0 aliphatic carbocycles. The molecule has 2 N–H and O–H groups in total. The van der Waals surface area contributed by atoms with Crippen LogP contribution in [0.3, 0.4) is 0 Å².